The number of hydrogen-bond donors (Lipinski definition) is 1. The molecule has 0 heterocycles. The fourth-order valence-electron chi connectivity index (χ4n) is 1.35. The van der Waals surface area contributed by atoms with Gasteiger partial charge in [-0.2, -0.15) is 0 Å². The maximum atomic E-state index is 5.86. The minimum absolute atomic E-state index is 0.108. The van der Waals surface area contributed by atoms with Crippen LogP contribution in [0.5, 0.6) is 11.5 Å². The zero-order valence-electron chi connectivity index (χ0n) is 9.19. The van der Waals surface area contributed by atoms with E-state index in [9.17, 15) is 0 Å². The van der Waals surface area contributed by atoms with Crippen molar-refractivity contribution in [3.05, 3.63) is 18.2 Å². The van der Waals surface area contributed by atoms with Gasteiger partial charge >= 0.3 is 0 Å². The van der Waals surface area contributed by atoms with Gasteiger partial charge in [0.2, 0.25) is 0 Å². The molecule has 2 N–H and O–H groups in total. The first-order chi connectivity index (χ1) is 7.16. The summed E-state index contributed by atoms with van der Waals surface area (Å²) in [6.07, 6.45) is 2.74. The molecule has 1 aliphatic rings. The molecule has 1 aliphatic carbocycles. The molecular formula is C12H17NO2. The van der Waals surface area contributed by atoms with Gasteiger partial charge in [0.05, 0.1) is 17.9 Å². The summed E-state index contributed by atoms with van der Waals surface area (Å²) in [6.45, 7) is 3.96. The van der Waals surface area contributed by atoms with Crippen LogP contribution in [0.4, 0.5) is 5.69 Å². The van der Waals surface area contributed by atoms with E-state index in [1.807, 2.05) is 32.0 Å². The summed E-state index contributed by atoms with van der Waals surface area (Å²) in [6, 6.07) is 5.63. The molecule has 1 aromatic carbocycles. The molecule has 0 spiro atoms. The van der Waals surface area contributed by atoms with E-state index in [0.29, 0.717) is 17.5 Å². The summed E-state index contributed by atoms with van der Waals surface area (Å²) in [5.41, 5.74) is 6.50. The molecule has 0 radical (unpaired) electrons. The third kappa shape index (κ3) is 2.55. The fraction of sp³-hybridized carbons (Fsp3) is 0.500. The van der Waals surface area contributed by atoms with Gasteiger partial charge in [-0.25, -0.2) is 0 Å². The van der Waals surface area contributed by atoms with Crippen molar-refractivity contribution in [1.29, 1.82) is 0 Å². The van der Waals surface area contributed by atoms with Gasteiger partial charge in [-0.15, -0.1) is 0 Å². The number of ether oxygens (including phenoxy) is 2. The van der Waals surface area contributed by atoms with Gasteiger partial charge in [0.25, 0.3) is 0 Å². The summed E-state index contributed by atoms with van der Waals surface area (Å²) < 4.78 is 11.4. The highest BCUT2D eigenvalue weighted by atomic mass is 16.5. The zero-order chi connectivity index (χ0) is 10.8. The first-order valence-electron chi connectivity index (χ1n) is 5.38. The standard InChI is InChI=1S/C12H17NO2/c1-8(2)14-12-10(13)4-3-5-11(12)15-9-6-7-9/h3-5,8-9H,6-7,13H2,1-2H3. The lowest BCUT2D eigenvalue weighted by molar-refractivity contribution is 0.219. The molecule has 1 aromatic rings. The number of para-hydroxylation sites is 1. The normalized spacial score (nSPS) is 15.4. The molecule has 0 saturated heterocycles. The molecule has 0 aromatic heterocycles. The maximum Gasteiger partial charge on any atom is 0.184 e. The smallest absolute Gasteiger partial charge is 0.184 e. The Morgan fingerprint density at radius 3 is 2.67 bits per heavy atom. The van der Waals surface area contributed by atoms with E-state index >= 15 is 0 Å². The second kappa shape index (κ2) is 4.01. The largest absolute Gasteiger partial charge is 0.486 e. The Kier molecular flexibility index (Phi) is 2.71. The SMILES string of the molecule is CC(C)Oc1c(N)cccc1OC1CC1. The molecule has 0 atom stereocenters. The van der Waals surface area contributed by atoms with Crippen LogP contribution in [0.1, 0.15) is 26.7 Å². The Morgan fingerprint density at radius 2 is 2.07 bits per heavy atom. The molecule has 0 bridgehead atoms. The highest BCUT2D eigenvalue weighted by Crippen LogP contribution is 2.37. The Balaban J connectivity index is 2.21. The summed E-state index contributed by atoms with van der Waals surface area (Å²) >= 11 is 0. The van der Waals surface area contributed by atoms with Crippen molar-refractivity contribution in [3.8, 4) is 11.5 Å². The van der Waals surface area contributed by atoms with E-state index in [1.165, 1.54) is 0 Å². The third-order valence-corrected chi connectivity index (χ3v) is 2.18. The second-order valence-electron chi connectivity index (χ2n) is 4.16. The minimum atomic E-state index is 0.108. The number of anilines is 1. The molecule has 1 fully saturated rings. The molecule has 1 saturated carbocycles. The second-order valence-corrected chi connectivity index (χ2v) is 4.16. The predicted octanol–water partition coefficient (Wildman–Crippen LogP) is 2.60. The summed E-state index contributed by atoms with van der Waals surface area (Å²) in [5.74, 6) is 1.45. The van der Waals surface area contributed by atoms with E-state index in [1.54, 1.807) is 0 Å². The van der Waals surface area contributed by atoms with Crippen molar-refractivity contribution in [2.24, 2.45) is 0 Å². The lowest BCUT2D eigenvalue weighted by Crippen LogP contribution is -2.09. The van der Waals surface area contributed by atoms with Crippen molar-refractivity contribution < 1.29 is 9.47 Å². The third-order valence-electron chi connectivity index (χ3n) is 2.18. The molecule has 15 heavy (non-hydrogen) atoms. The summed E-state index contributed by atoms with van der Waals surface area (Å²) in [5, 5.41) is 0. The first-order valence-corrected chi connectivity index (χ1v) is 5.38. The van der Waals surface area contributed by atoms with Crippen molar-refractivity contribution in [1.82, 2.24) is 0 Å². The zero-order valence-corrected chi connectivity index (χ0v) is 9.19. The Morgan fingerprint density at radius 1 is 1.33 bits per heavy atom. The van der Waals surface area contributed by atoms with E-state index in [0.717, 1.165) is 18.6 Å². The first kappa shape index (κ1) is 10.1. The average Bonchev–Trinajstić information content (AvgIpc) is 2.94. The quantitative estimate of drug-likeness (QED) is 0.772. The molecule has 2 rings (SSSR count). The van der Waals surface area contributed by atoms with Crippen molar-refractivity contribution in [2.45, 2.75) is 38.9 Å². The Labute approximate surface area is 90.2 Å². The van der Waals surface area contributed by atoms with Crippen molar-refractivity contribution in [2.75, 3.05) is 5.73 Å². The highest BCUT2D eigenvalue weighted by molar-refractivity contribution is 5.60. The van der Waals surface area contributed by atoms with E-state index in [4.69, 9.17) is 15.2 Å². The number of nitrogen functional groups attached to an aromatic ring is 1. The van der Waals surface area contributed by atoms with Gasteiger partial charge in [-0.1, -0.05) is 6.07 Å². The lowest BCUT2D eigenvalue weighted by atomic mass is 10.2. The van der Waals surface area contributed by atoms with Gasteiger partial charge in [0.1, 0.15) is 0 Å². The molecule has 82 valence electrons. The van der Waals surface area contributed by atoms with Gasteiger partial charge in [0.15, 0.2) is 11.5 Å². The van der Waals surface area contributed by atoms with Crippen LogP contribution >= 0.6 is 0 Å². The minimum Gasteiger partial charge on any atom is -0.486 e. The molecule has 0 aliphatic heterocycles. The molecule has 0 amide bonds. The van der Waals surface area contributed by atoms with E-state index < -0.39 is 0 Å². The van der Waals surface area contributed by atoms with Crippen LogP contribution in [-0.4, -0.2) is 12.2 Å². The Bertz CT molecular complexity index is 345. The van der Waals surface area contributed by atoms with Crippen LogP contribution in [-0.2, 0) is 0 Å². The van der Waals surface area contributed by atoms with Crippen LogP contribution in [0, 0.1) is 0 Å². The summed E-state index contributed by atoms with van der Waals surface area (Å²) in [4.78, 5) is 0. The monoisotopic (exact) mass is 207 g/mol. The van der Waals surface area contributed by atoms with Crippen LogP contribution in [0.15, 0.2) is 18.2 Å². The number of hydrogen-bond acceptors (Lipinski definition) is 3. The van der Waals surface area contributed by atoms with Gasteiger partial charge in [-0.3, -0.25) is 0 Å². The molecule has 0 unspecified atom stereocenters. The summed E-state index contributed by atoms with van der Waals surface area (Å²) in [7, 11) is 0. The number of rotatable bonds is 4. The van der Waals surface area contributed by atoms with Crippen molar-refractivity contribution in [3.63, 3.8) is 0 Å². The van der Waals surface area contributed by atoms with Crippen molar-refractivity contribution >= 4 is 5.69 Å². The van der Waals surface area contributed by atoms with E-state index in [-0.39, 0.29) is 6.10 Å². The maximum absolute atomic E-state index is 5.86. The molecule has 3 nitrogen and oxygen atoms in total. The van der Waals surface area contributed by atoms with Crippen LogP contribution in [0.25, 0.3) is 0 Å². The fourth-order valence-corrected chi connectivity index (χ4v) is 1.35. The van der Waals surface area contributed by atoms with Crippen LogP contribution in [0.3, 0.4) is 0 Å². The molecule has 3 heteroatoms. The van der Waals surface area contributed by atoms with Gasteiger partial charge in [-0.05, 0) is 38.8 Å². The van der Waals surface area contributed by atoms with Crippen LogP contribution in [0.2, 0.25) is 0 Å². The number of nitrogens with two attached hydrogens (primary N) is 1. The number of benzene rings is 1. The van der Waals surface area contributed by atoms with Gasteiger partial charge < -0.3 is 15.2 Å². The Hall–Kier alpha value is -1.38. The topological polar surface area (TPSA) is 44.5 Å². The average molecular weight is 207 g/mol. The highest BCUT2D eigenvalue weighted by Gasteiger charge is 2.25. The predicted molar refractivity (Wildman–Crippen MR) is 60.3 cm³/mol. The van der Waals surface area contributed by atoms with Crippen LogP contribution < -0.4 is 15.2 Å². The van der Waals surface area contributed by atoms with Gasteiger partial charge in [0, 0.05) is 0 Å². The lowest BCUT2D eigenvalue weighted by Gasteiger charge is -2.16. The molecular weight excluding hydrogens is 190 g/mol. The van der Waals surface area contributed by atoms with E-state index in [2.05, 4.69) is 0 Å².